The van der Waals surface area contributed by atoms with Gasteiger partial charge in [0.2, 0.25) is 0 Å². The smallest absolute Gasteiger partial charge is 0.305 e. The lowest BCUT2D eigenvalue weighted by Gasteiger charge is -2.33. The summed E-state index contributed by atoms with van der Waals surface area (Å²) in [5.74, 6) is 0. The van der Waals surface area contributed by atoms with Crippen LogP contribution < -0.4 is 5.69 Å². The van der Waals surface area contributed by atoms with Crippen molar-refractivity contribution in [3.05, 3.63) is 34.2 Å². The van der Waals surface area contributed by atoms with Crippen molar-refractivity contribution < 1.29 is 13.2 Å². The fourth-order valence-corrected chi connectivity index (χ4v) is 2.94. The number of nitriles is 1. The van der Waals surface area contributed by atoms with Crippen LogP contribution >= 0.6 is 0 Å². The standard InChI is InChI=1S/C14H13F3N4O/c15-14(16,17)20-5-3-10(4-6-20)21-12-2-1-9(8-18)7-11(12)19-13(21)22/h1-2,7,10H,3-6H2,(H,19,22). The molecular formula is C14H13F3N4O. The number of likely N-dealkylation sites (tertiary alicyclic amines) is 1. The number of aromatic nitrogens is 2. The van der Waals surface area contributed by atoms with Crippen molar-refractivity contribution in [2.75, 3.05) is 13.1 Å². The van der Waals surface area contributed by atoms with Gasteiger partial charge in [-0.2, -0.15) is 18.4 Å². The maximum atomic E-state index is 12.6. The summed E-state index contributed by atoms with van der Waals surface area (Å²) in [5, 5.41) is 8.87. The van der Waals surface area contributed by atoms with Crippen molar-refractivity contribution in [1.82, 2.24) is 14.5 Å². The summed E-state index contributed by atoms with van der Waals surface area (Å²) in [5.41, 5.74) is 1.22. The summed E-state index contributed by atoms with van der Waals surface area (Å²) in [6, 6.07) is 6.53. The highest BCUT2D eigenvalue weighted by atomic mass is 19.4. The van der Waals surface area contributed by atoms with Gasteiger partial charge in [-0.1, -0.05) is 0 Å². The van der Waals surface area contributed by atoms with Crippen LogP contribution in [0.25, 0.3) is 11.0 Å². The summed E-state index contributed by atoms with van der Waals surface area (Å²) < 4.78 is 39.4. The van der Waals surface area contributed by atoms with Gasteiger partial charge in [0.05, 0.1) is 22.7 Å². The summed E-state index contributed by atoms with van der Waals surface area (Å²) in [6.07, 6.45) is -3.81. The van der Waals surface area contributed by atoms with Crippen molar-refractivity contribution in [3.8, 4) is 6.07 Å². The van der Waals surface area contributed by atoms with Crippen LogP contribution in [0.4, 0.5) is 13.2 Å². The number of imidazole rings is 1. The number of hydrogen-bond acceptors (Lipinski definition) is 3. The zero-order valence-corrected chi connectivity index (χ0v) is 11.5. The molecule has 1 saturated heterocycles. The van der Waals surface area contributed by atoms with Crippen molar-refractivity contribution >= 4 is 11.0 Å². The Morgan fingerprint density at radius 1 is 1.27 bits per heavy atom. The number of benzene rings is 1. The van der Waals surface area contributed by atoms with Gasteiger partial charge >= 0.3 is 12.0 Å². The number of halogens is 3. The van der Waals surface area contributed by atoms with E-state index in [-0.39, 0.29) is 37.7 Å². The topological polar surface area (TPSA) is 64.8 Å². The molecule has 3 rings (SSSR count). The largest absolute Gasteiger partial charge is 0.459 e. The predicted octanol–water partition coefficient (Wildman–Crippen LogP) is 2.36. The summed E-state index contributed by atoms with van der Waals surface area (Å²) in [7, 11) is 0. The van der Waals surface area contributed by atoms with E-state index < -0.39 is 6.30 Å². The minimum atomic E-state index is -4.32. The second kappa shape index (κ2) is 5.18. The van der Waals surface area contributed by atoms with Crippen LogP contribution in [-0.2, 0) is 0 Å². The van der Waals surface area contributed by atoms with E-state index in [9.17, 15) is 18.0 Å². The van der Waals surface area contributed by atoms with E-state index in [4.69, 9.17) is 5.26 Å². The molecule has 0 radical (unpaired) electrons. The molecule has 0 atom stereocenters. The molecule has 5 nitrogen and oxygen atoms in total. The number of alkyl halides is 3. The number of nitrogens with one attached hydrogen (secondary N) is 1. The molecule has 1 aromatic heterocycles. The average Bonchev–Trinajstić information content (AvgIpc) is 2.81. The summed E-state index contributed by atoms with van der Waals surface area (Å²) >= 11 is 0. The first-order valence-corrected chi connectivity index (χ1v) is 6.86. The third-order valence-electron chi connectivity index (χ3n) is 4.03. The predicted molar refractivity (Wildman–Crippen MR) is 73.2 cm³/mol. The first-order valence-electron chi connectivity index (χ1n) is 6.86. The quantitative estimate of drug-likeness (QED) is 0.822. The van der Waals surface area contributed by atoms with Crippen LogP contribution in [0.3, 0.4) is 0 Å². The van der Waals surface area contributed by atoms with E-state index in [1.54, 1.807) is 18.2 Å². The molecule has 2 heterocycles. The Bertz CT molecular complexity index is 791. The third kappa shape index (κ3) is 2.48. The lowest BCUT2D eigenvalue weighted by molar-refractivity contribution is -0.251. The lowest BCUT2D eigenvalue weighted by atomic mass is 10.0. The third-order valence-corrected chi connectivity index (χ3v) is 4.03. The Hall–Kier alpha value is -2.27. The fraction of sp³-hybridized carbons (Fsp3) is 0.429. The average molecular weight is 310 g/mol. The lowest BCUT2D eigenvalue weighted by Crippen LogP contribution is -2.44. The molecule has 22 heavy (non-hydrogen) atoms. The highest BCUT2D eigenvalue weighted by Crippen LogP contribution is 2.30. The van der Waals surface area contributed by atoms with Gasteiger partial charge in [-0.05, 0) is 31.0 Å². The molecule has 2 aromatic rings. The number of nitrogens with zero attached hydrogens (tertiary/aromatic N) is 3. The van der Waals surface area contributed by atoms with E-state index in [1.807, 2.05) is 6.07 Å². The molecule has 0 saturated carbocycles. The van der Waals surface area contributed by atoms with Gasteiger partial charge in [0.1, 0.15) is 0 Å². The van der Waals surface area contributed by atoms with Crippen molar-refractivity contribution in [3.63, 3.8) is 0 Å². The molecule has 1 aliphatic heterocycles. The molecule has 8 heteroatoms. The minimum absolute atomic E-state index is 0.121. The number of aromatic amines is 1. The second-order valence-corrected chi connectivity index (χ2v) is 5.33. The number of H-pyrrole nitrogens is 1. The number of fused-ring (bicyclic) bond motifs is 1. The molecule has 0 bridgehead atoms. The molecule has 1 fully saturated rings. The van der Waals surface area contributed by atoms with Crippen LogP contribution in [0.1, 0.15) is 24.4 Å². The molecular weight excluding hydrogens is 297 g/mol. The van der Waals surface area contributed by atoms with E-state index >= 15 is 0 Å². The Balaban J connectivity index is 1.91. The van der Waals surface area contributed by atoms with Crippen LogP contribution in [0.5, 0.6) is 0 Å². The van der Waals surface area contributed by atoms with E-state index in [2.05, 4.69) is 4.98 Å². The van der Waals surface area contributed by atoms with Gasteiger partial charge in [-0.15, -0.1) is 0 Å². The summed E-state index contributed by atoms with van der Waals surface area (Å²) in [4.78, 5) is 15.2. The van der Waals surface area contributed by atoms with Crippen molar-refractivity contribution in [1.29, 1.82) is 5.26 Å². The first kappa shape index (κ1) is 14.7. The Labute approximate surface area is 123 Å². The first-order chi connectivity index (χ1) is 10.4. The van der Waals surface area contributed by atoms with Gasteiger partial charge < -0.3 is 4.98 Å². The SMILES string of the molecule is N#Cc1ccc2c(c1)[nH]c(=O)n2C1CCN(C(F)(F)F)CC1. The minimum Gasteiger partial charge on any atom is -0.305 e. The maximum Gasteiger partial charge on any atom is 0.459 e. The molecule has 1 aliphatic rings. The second-order valence-electron chi connectivity index (χ2n) is 5.33. The molecule has 1 aromatic carbocycles. The molecule has 0 spiro atoms. The molecule has 0 amide bonds. The van der Waals surface area contributed by atoms with Gasteiger partial charge in [0, 0.05) is 19.1 Å². The highest BCUT2D eigenvalue weighted by Gasteiger charge is 2.39. The molecule has 0 unspecified atom stereocenters. The van der Waals surface area contributed by atoms with Gasteiger partial charge in [0.25, 0.3) is 0 Å². The van der Waals surface area contributed by atoms with Gasteiger partial charge in [0.15, 0.2) is 0 Å². The monoisotopic (exact) mass is 310 g/mol. The maximum absolute atomic E-state index is 12.6. The number of hydrogen-bond donors (Lipinski definition) is 1. The normalized spacial score (nSPS) is 17.7. The zero-order chi connectivity index (χ0) is 15.9. The van der Waals surface area contributed by atoms with Crippen LogP contribution in [-0.4, -0.2) is 33.8 Å². The zero-order valence-electron chi connectivity index (χ0n) is 11.5. The molecule has 116 valence electrons. The van der Waals surface area contributed by atoms with Gasteiger partial charge in [-0.25, -0.2) is 9.69 Å². The highest BCUT2D eigenvalue weighted by molar-refractivity contribution is 5.77. The Kier molecular flexibility index (Phi) is 3.45. The van der Waals surface area contributed by atoms with Crippen LogP contribution in [0.15, 0.2) is 23.0 Å². The Morgan fingerprint density at radius 3 is 2.55 bits per heavy atom. The number of piperidine rings is 1. The van der Waals surface area contributed by atoms with E-state index in [0.29, 0.717) is 21.5 Å². The number of rotatable bonds is 1. The molecule has 0 aliphatic carbocycles. The van der Waals surface area contributed by atoms with Crippen LogP contribution in [0, 0.1) is 11.3 Å². The Morgan fingerprint density at radius 2 is 1.95 bits per heavy atom. The van der Waals surface area contributed by atoms with Crippen molar-refractivity contribution in [2.45, 2.75) is 25.2 Å². The van der Waals surface area contributed by atoms with Crippen molar-refractivity contribution in [2.24, 2.45) is 0 Å². The van der Waals surface area contributed by atoms with E-state index in [1.165, 1.54) is 4.57 Å². The fourth-order valence-electron chi connectivity index (χ4n) is 2.94. The molecule has 1 N–H and O–H groups in total. The summed E-state index contributed by atoms with van der Waals surface area (Å²) in [6.45, 7) is -0.243. The van der Waals surface area contributed by atoms with Gasteiger partial charge in [-0.3, -0.25) is 4.57 Å². The van der Waals surface area contributed by atoms with E-state index in [0.717, 1.165) is 0 Å². The van der Waals surface area contributed by atoms with Crippen LogP contribution in [0.2, 0.25) is 0 Å².